The highest BCUT2D eigenvalue weighted by molar-refractivity contribution is 6.32. The molecule has 2 aromatic carbocycles. The molecule has 40 heavy (non-hydrogen) atoms. The summed E-state index contributed by atoms with van der Waals surface area (Å²) in [4.78, 5) is 28.3. The molecule has 9 heteroatoms. The molecule has 5 atom stereocenters. The molecule has 7 rings (SSSR count). The molecule has 2 spiro atoms. The zero-order valence-corrected chi connectivity index (χ0v) is 24.1. The Morgan fingerprint density at radius 2 is 1.93 bits per heavy atom. The average Bonchev–Trinajstić information content (AvgIpc) is 3.25. The third-order valence-electron chi connectivity index (χ3n) is 10.8. The maximum absolute atomic E-state index is 14.6. The van der Waals surface area contributed by atoms with Gasteiger partial charge in [0.15, 0.2) is 0 Å². The summed E-state index contributed by atoms with van der Waals surface area (Å²) in [5.74, 6) is 0.468. The molecule has 2 amide bonds. The smallest absolute Gasteiger partial charge is 0.238 e. The van der Waals surface area contributed by atoms with E-state index in [9.17, 15) is 9.59 Å². The lowest BCUT2D eigenvalue weighted by molar-refractivity contribution is -0.137. The summed E-state index contributed by atoms with van der Waals surface area (Å²) in [5, 5.41) is 7.72. The van der Waals surface area contributed by atoms with Gasteiger partial charge < -0.3 is 20.1 Å². The van der Waals surface area contributed by atoms with E-state index >= 15 is 0 Å². The molecule has 1 saturated carbocycles. The second-order valence-electron chi connectivity index (χ2n) is 12.6. The highest BCUT2D eigenvalue weighted by Crippen LogP contribution is 2.85. The summed E-state index contributed by atoms with van der Waals surface area (Å²) in [7, 11) is 6.36. The normalized spacial score (nSPS) is 34.9. The van der Waals surface area contributed by atoms with E-state index in [0.717, 1.165) is 17.0 Å². The summed E-state index contributed by atoms with van der Waals surface area (Å²) in [6.45, 7) is 6.08. The van der Waals surface area contributed by atoms with Gasteiger partial charge in [0.1, 0.15) is 19.0 Å². The summed E-state index contributed by atoms with van der Waals surface area (Å²) < 4.78 is 12.0. The SMILES string of the molecule is [B]c1ccc(OCC2(CC)COC2)c([C@H]2NC(=O)CC3(C4CC=C(Cl)C[C@]43C)[C@]23C(=O)Nc2cc(Cl)ccc23)c1. The Morgan fingerprint density at radius 3 is 2.62 bits per heavy atom. The van der Waals surface area contributed by atoms with E-state index in [1.54, 1.807) is 12.1 Å². The van der Waals surface area contributed by atoms with Crippen molar-refractivity contribution in [2.45, 2.75) is 51.0 Å². The van der Waals surface area contributed by atoms with E-state index in [4.69, 9.17) is 40.5 Å². The molecule has 0 bridgehead atoms. The number of anilines is 1. The number of hydrogen-bond acceptors (Lipinski definition) is 4. The molecule has 2 radical (unpaired) electrons. The highest BCUT2D eigenvalue weighted by atomic mass is 35.5. The Labute approximate surface area is 245 Å². The lowest BCUT2D eigenvalue weighted by atomic mass is 9.55. The van der Waals surface area contributed by atoms with Gasteiger partial charge in [0, 0.05) is 33.1 Å². The van der Waals surface area contributed by atoms with E-state index in [1.807, 2.05) is 30.3 Å². The topological polar surface area (TPSA) is 76.7 Å². The van der Waals surface area contributed by atoms with Crippen LogP contribution in [0.15, 0.2) is 47.5 Å². The van der Waals surface area contributed by atoms with Crippen LogP contribution in [0.25, 0.3) is 0 Å². The van der Waals surface area contributed by atoms with E-state index < -0.39 is 16.9 Å². The first kappa shape index (κ1) is 26.4. The standard InChI is InChI=1S/C31H31BCl2N2O4/c1-3-29(14-39-15-29)16-40-23-8-4-17(32)10-20(23)26-31(21-7-5-18(33)11-22(21)35-27(31)38)30(13-25(37)36-26)24-9-6-19(34)12-28(24,30)2/h4-8,10-11,24,26H,3,9,12-16H2,1-2H3,(H,35,38)(H,36,37)/t24?,26-,28-,30?,31+/m1/s1. The van der Waals surface area contributed by atoms with Crippen LogP contribution in [0.1, 0.15) is 56.7 Å². The van der Waals surface area contributed by atoms with Crippen LogP contribution in [-0.2, 0) is 19.7 Å². The number of rotatable bonds is 5. The Kier molecular flexibility index (Phi) is 5.79. The van der Waals surface area contributed by atoms with Gasteiger partial charge in [-0.25, -0.2) is 0 Å². The zero-order valence-electron chi connectivity index (χ0n) is 22.6. The zero-order chi connectivity index (χ0) is 28.1. The van der Waals surface area contributed by atoms with Gasteiger partial charge in [-0.1, -0.05) is 66.8 Å². The van der Waals surface area contributed by atoms with E-state index in [-0.39, 0.29) is 35.0 Å². The Balaban J connectivity index is 1.44. The maximum Gasteiger partial charge on any atom is 0.238 e. The van der Waals surface area contributed by atoms with E-state index in [0.29, 0.717) is 60.1 Å². The molecule has 2 N–H and O–H groups in total. The summed E-state index contributed by atoms with van der Waals surface area (Å²) >= 11 is 13.0. The van der Waals surface area contributed by atoms with Crippen LogP contribution in [-0.4, -0.2) is 39.5 Å². The molecule has 0 aromatic heterocycles. The number of amides is 2. The van der Waals surface area contributed by atoms with Crippen molar-refractivity contribution in [2.24, 2.45) is 22.2 Å². The number of carbonyl (C=O) groups excluding carboxylic acids is 2. The molecule has 2 aromatic rings. The van der Waals surface area contributed by atoms with Gasteiger partial charge in [-0.15, -0.1) is 0 Å². The number of nitrogens with one attached hydrogen (secondary N) is 2. The summed E-state index contributed by atoms with van der Waals surface area (Å²) in [5.41, 5.74) is 0.552. The number of halogens is 2. The average molecular weight is 577 g/mol. The monoisotopic (exact) mass is 576 g/mol. The first-order chi connectivity index (χ1) is 19.1. The number of fused-ring (bicyclic) bond motifs is 6. The van der Waals surface area contributed by atoms with Gasteiger partial charge in [-0.3, -0.25) is 9.59 Å². The molecule has 5 aliphatic rings. The number of piperidine rings is 1. The highest BCUT2D eigenvalue weighted by Gasteiger charge is 2.86. The van der Waals surface area contributed by atoms with Crippen molar-refractivity contribution in [2.75, 3.05) is 25.1 Å². The molecular formula is C31H31BCl2N2O4. The minimum Gasteiger partial charge on any atom is -0.492 e. The molecule has 2 unspecified atom stereocenters. The maximum atomic E-state index is 14.6. The van der Waals surface area contributed by atoms with Crippen LogP contribution in [0.4, 0.5) is 5.69 Å². The van der Waals surface area contributed by atoms with Gasteiger partial charge in [-0.2, -0.15) is 0 Å². The first-order valence-corrected chi connectivity index (χ1v) is 14.7. The van der Waals surface area contributed by atoms with Crippen LogP contribution in [0.2, 0.25) is 5.02 Å². The van der Waals surface area contributed by atoms with E-state index in [2.05, 4.69) is 24.5 Å². The lowest BCUT2D eigenvalue weighted by Gasteiger charge is -2.49. The fraction of sp³-hybridized carbons (Fsp3) is 0.484. The van der Waals surface area contributed by atoms with Crippen molar-refractivity contribution in [1.29, 1.82) is 0 Å². The number of carbonyl (C=O) groups is 2. The summed E-state index contributed by atoms with van der Waals surface area (Å²) in [6, 6.07) is 10.3. The van der Waals surface area contributed by atoms with Gasteiger partial charge in [0.05, 0.1) is 31.3 Å². The molecular weight excluding hydrogens is 546 g/mol. The number of hydrogen-bond donors (Lipinski definition) is 2. The Morgan fingerprint density at radius 1 is 1.12 bits per heavy atom. The molecule has 206 valence electrons. The van der Waals surface area contributed by atoms with Crippen molar-refractivity contribution in [3.63, 3.8) is 0 Å². The molecule has 2 saturated heterocycles. The predicted molar refractivity (Wildman–Crippen MR) is 155 cm³/mol. The fourth-order valence-corrected chi connectivity index (χ4v) is 9.12. The second kappa shape index (κ2) is 8.76. The molecule has 3 aliphatic heterocycles. The Hall–Kier alpha value is -2.48. The van der Waals surface area contributed by atoms with Crippen LogP contribution >= 0.6 is 23.2 Å². The Bertz CT molecular complexity index is 1490. The van der Waals surface area contributed by atoms with Gasteiger partial charge >= 0.3 is 0 Å². The van der Waals surface area contributed by atoms with Crippen molar-refractivity contribution in [3.05, 3.63) is 63.7 Å². The molecule has 2 aliphatic carbocycles. The number of allylic oxidation sites excluding steroid dienone is 2. The summed E-state index contributed by atoms with van der Waals surface area (Å²) in [6.07, 6.45) is 4.54. The molecule has 6 nitrogen and oxygen atoms in total. The number of ether oxygens (including phenoxy) is 2. The second-order valence-corrected chi connectivity index (χ2v) is 13.5. The largest absolute Gasteiger partial charge is 0.492 e. The van der Waals surface area contributed by atoms with Crippen molar-refractivity contribution < 1.29 is 19.1 Å². The molecule has 3 fully saturated rings. The van der Waals surface area contributed by atoms with Gasteiger partial charge in [-0.05, 0) is 54.4 Å². The lowest BCUT2D eigenvalue weighted by Crippen LogP contribution is -2.61. The van der Waals surface area contributed by atoms with Crippen LogP contribution in [0.5, 0.6) is 5.75 Å². The third-order valence-corrected chi connectivity index (χ3v) is 11.3. The van der Waals surface area contributed by atoms with Crippen molar-refractivity contribution >= 4 is 54.0 Å². The van der Waals surface area contributed by atoms with Crippen LogP contribution in [0, 0.1) is 22.2 Å². The van der Waals surface area contributed by atoms with Gasteiger partial charge in [0.25, 0.3) is 0 Å². The fourth-order valence-electron chi connectivity index (χ4n) is 8.58. The minimum absolute atomic E-state index is 0.0528. The predicted octanol–water partition coefficient (Wildman–Crippen LogP) is 4.93. The van der Waals surface area contributed by atoms with Crippen LogP contribution in [0.3, 0.4) is 0 Å². The first-order valence-electron chi connectivity index (χ1n) is 14.0. The van der Waals surface area contributed by atoms with Crippen molar-refractivity contribution in [1.82, 2.24) is 5.32 Å². The minimum atomic E-state index is -1.12. The quantitative estimate of drug-likeness (QED) is 0.495. The van der Waals surface area contributed by atoms with Crippen molar-refractivity contribution in [3.8, 4) is 5.75 Å². The van der Waals surface area contributed by atoms with Gasteiger partial charge in [0.2, 0.25) is 11.8 Å². The number of benzene rings is 2. The van der Waals surface area contributed by atoms with E-state index in [1.165, 1.54) is 0 Å². The van der Waals surface area contributed by atoms with Crippen LogP contribution < -0.4 is 20.8 Å². The molecule has 3 heterocycles. The third kappa shape index (κ3) is 3.29.